The normalized spacial score (nSPS) is 13.1. The lowest BCUT2D eigenvalue weighted by atomic mass is 10.0. The van der Waals surface area contributed by atoms with Gasteiger partial charge >= 0.3 is 5.97 Å². The maximum absolute atomic E-state index is 12.5. The fraction of sp³-hybridized carbons (Fsp3) is 0.471. The SMILES string of the molecule is COC(=O)[C@H](NC(=O)[C@H](Cc1ccccc1)NC(C)=O)C(C)C. The maximum Gasteiger partial charge on any atom is 0.328 e. The van der Waals surface area contributed by atoms with Gasteiger partial charge in [0.1, 0.15) is 12.1 Å². The molecule has 1 aromatic carbocycles. The van der Waals surface area contributed by atoms with Gasteiger partial charge in [-0.05, 0) is 11.5 Å². The minimum atomic E-state index is -0.750. The predicted molar refractivity (Wildman–Crippen MR) is 86.5 cm³/mol. The van der Waals surface area contributed by atoms with Crippen LogP contribution in [0.15, 0.2) is 30.3 Å². The second kappa shape index (κ2) is 8.92. The molecule has 0 spiro atoms. The molecule has 0 aliphatic carbocycles. The summed E-state index contributed by atoms with van der Waals surface area (Å²) in [7, 11) is 1.28. The van der Waals surface area contributed by atoms with Gasteiger partial charge in [0.15, 0.2) is 0 Å². The van der Waals surface area contributed by atoms with Crippen LogP contribution in [-0.2, 0) is 25.5 Å². The average molecular weight is 320 g/mol. The molecule has 6 heteroatoms. The van der Waals surface area contributed by atoms with Crippen LogP contribution in [0, 0.1) is 5.92 Å². The van der Waals surface area contributed by atoms with E-state index in [9.17, 15) is 14.4 Å². The summed E-state index contributed by atoms with van der Waals surface area (Å²) in [5.41, 5.74) is 0.917. The van der Waals surface area contributed by atoms with Gasteiger partial charge in [-0.2, -0.15) is 0 Å². The van der Waals surface area contributed by atoms with Crippen LogP contribution in [0.25, 0.3) is 0 Å². The third-order valence-electron chi connectivity index (χ3n) is 3.40. The fourth-order valence-electron chi connectivity index (χ4n) is 2.18. The summed E-state index contributed by atoms with van der Waals surface area (Å²) in [5, 5.41) is 5.29. The quantitative estimate of drug-likeness (QED) is 0.736. The number of hydrogen-bond acceptors (Lipinski definition) is 4. The highest BCUT2D eigenvalue weighted by Crippen LogP contribution is 2.07. The summed E-state index contributed by atoms with van der Waals surface area (Å²) in [5.74, 6) is -1.34. The van der Waals surface area contributed by atoms with E-state index < -0.39 is 24.0 Å². The number of methoxy groups -OCH3 is 1. The lowest BCUT2D eigenvalue weighted by molar-refractivity contribution is -0.146. The summed E-state index contributed by atoms with van der Waals surface area (Å²) in [6.07, 6.45) is 0.345. The van der Waals surface area contributed by atoms with Crippen LogP contribution >= 0.6 is 0 Å². The molecule has 126 valence electrons. The van der Waals surface area contributed by atoms with Crippen LogP contribution in [0.4, 0.5) is 0 Å². The maximum atomic E-state index is 12.5. The molecule has 0 radical (unpaired) electrons. The molecule has 1 aromatic rings. The van der Waals surface area contributed by atoms with Crippen LogP contribution < -0.4 is 10.6 Å². The van der Waals surface area contributed by atoms with Gasteiger partial charge in [-0.25, -0.2) is 4.79 Å². The molecule has 0 unspecified atom stereocenters. The lowest BCUT2D eigenvalue weighted by Crippen LogP contribution is -2.53. The zero-order valence-corrected chi connectivity index (χ0v) is 14.0. The molecule has 0 saturated carbocycles. The van der Waals surface area contributed by atoms with Gasteiger partial charge in [-0.1, -0.05) is 44.2 Å². The number of amides is 2. The average Bonchev–Trinajstić information content (AvgIpc) is 2.51. The molecule has 0 aliphatic heterocycles. The molecule has 2 atom stereocenters. The summed E-state index contributed by atoms with van der Waals surface area (Å²) in [6.45, 7) is 4.98. The van der Waals surface area contributed by atoms with E-state index in [1.807, 2.05) is 44.2 Å². The largest absolute Gasteiger partial charge is 0.467 e. The molecule has 2 N–H and O–H groups in total. The highest BCUT2D eigenvalue weighted by atomic mass is 16.5. The van der Waals surface area contributed by atoms with Crippen LogP contribution in [-0.4, -0.2) is 37.0 Å². The smallest absolute Gasteiger partial charge is 0.328 e. The summed E-state index contributed by atoms with van der Waals surface area (Å²) in [6, 6.07) is 7.86. The van der Waals surface area contributed by atoms with Crippen molar-refractivity contribution in [3.05, 3.63) is 35.9 Å². The van der Waals surface area contributed by atoms with E-state index in [1.54, 1.807) is 0 Å². The van der Waals surface area contributed by atoms with Gasteiger partial charge in [-0.3, -0.25) is 9.59 Å². The number of carbonyl (C=O) groups is 3. The minimum Gasteiger partial charge on any atom is -0.467 e. The van der Waals surface area contributed by atoms with E-state index in [4.69, 9.17) is 4.74 Å². The Labute approximate surface area is 136 Å². The van der Waals surface area contributed by atoms with Gasteiger partial charge in [-0.15, -0.1) is 0 Å². The van der Waals surface area contributed by atoms with Crippen molar-refractivity contribution >= 4 is 17.8 Å². The van der Waals surface area contributed by atoms with Gasteiger partial charge in [0.05, 0.1) is 7.11 Å². The Hall–Kier alpha value is -2.37. The van der Waals surface area contributed by atoms with Crippen molar-refractivity contribution in [1.29, 1.82) is 0 Å². The van der Waals surface area contributed by atoms with Crippen molar-refractivity contribution in [1.82, 2.24) is 10.6 Å². The van der Waals surface area contributed by atoms with E-state index in [2.05, 4.69) is 10.6 Å². The van der Waals surface area contributed by atoms with E-state index in [0.29, 0.717) is 6.42 Å². The first kappa shape index (κ1) is 18.7. The summed E-state index contributed by atoms with van der Waals surface area (Å²) < 4.78 is 4.71. The Morgan fingerprint density at radius 3 is 2.17 bits per heavy atom. The van der Waals surface area contributed by atoms with Gasteiger partial charge < -0.3 is 15.4 Å². The number of ether oxygens (including phenoxy) is 1. The molecule has 0 aromatic heterocycles. The van der Waals surface area contributed by atoms with Crippen LogP contribution in [0.1, 0.15) is 26.3 Å². The monoisotopic (exact) mass is 320 g/mol. The Bertz CT molecular complexity index is 543. The van der Waals surface area contributed by atoms with Crippen LogP contribution in [0.2, 0.25) is 0 Å². The van der Waals surface area contributed by atoms with E-state index in [1.165, 1.54) is 14.0 Å². The molecule has 23 heavy (non-hydrogen) atoms. The molecule has 6 nitrogen and oxygen atoms in total. The Kier molecular flexibility index (Phi) is 7.25. The van der Waals surface area contributed by atoms with Crippen molar-refractivity contribution in [3.63, 3.8) is 0 Å². The minimum absolute atomic E-state index is 0.124. The van der Waals surface area contributed by atoms with Crippen molar-refractivity contribution in [2.75, 3.05) is 7.11 Å². The van der Waals surface area contributed by atoms with Gasteiger partial charge in [0, 0.05) is 13.3 Å². The number of esters is 1. The second-order valence-corrected chi connectivity index (χ2v) is 5.70. The Morgan fingerprint density at radius 1 is 1.09 bits per heavy atom. The first-order valence-electron chi connectivity index (χ1n) is 7.54. The van der Waals surface area contributed by atoms with E-state index in [0.717, 1.165) is 5.56 Å². The molecule has 0 aliphatic rings. The van der Waals surface area contributed by atoms with Crippen molar-refractivity contribution < 1.29 is 19.1 Å². The lowest BCUT2D eigenvalue weighted by Gasteiger charge is -2.24. The van der Waals surface area contributed by atoms with Crippen molar-refractivity contribution in [2.24, 2.45) is 5.92 Å². The molecule has 1 rings (SSSR count). The molecule has 0 saturated heterocycles. The van der Waals surface area contributed by atoms with Crippen LogP contribution in [0.5, 0.6) is 0 Å². The molecule has 2 amide bonds. The molecule has 0 bridgehead atoms. The number of nitrogens with one attached hydrogen (secondary N) is 2. The van der Waals surface area contributed by atoms with Gasteiger partial charge in [0.2, 0.25) is 11.8 Å². The number of benzene rings is 1. The van der Waals surface area contributed by atoms with Crippen LogP contribution in [0.3, 0.4) is 0 Å². The second-order valence-electron chi connectivity index (χ2n) is 5.70. The van der Waals surface area contributed by atoms with Crippen molar-refractivity contribution in [2.45, 2.75) is 39.3 Å². The molecular formula is C17H24N2O4. The third-order valence-corrected chi connectivity index (χ3v) is 3.40. The number of hydrogen-bond donors (Lipinski definition) is 2. The standard InChI is InChI=1S/C17H24N2O4/c1-11(2)15(17(22)23-4)19-16(21)14(18-12(3)20)10-13-8-6-5-7-9-13/h5-9,11,14-15H,10H2,1-4H3,(H,18,20)(H,19,21)/t14-,15+/m0/s1. The highest BCUT2D eigenvalue weighted by molar-refractivity contribution is 5.90. The summed E-state index contributed by atoms with van der Waals surface area (Å²) >= 11 is 0. The molecular weight excluding hydrogens is 296 g/mol. The summed E-state index contributed by atoms with van der Waals surface area (Å²) in [4.78, 5) is 35.6. The van der Waals surface area contributed by atoms with Gasteiger partial charge in [0.25, 0.3) is 0 Å². The first-order chi connectivity index (χ1) is 10.8. The van der Waals surface area contributed by atoms with E-state index in [-0.39, 0.29) is 11.8 Å². The zero-order chi connectivity index (χ0) is 17.4. The predicted octanol–water partition coefficient (Wildman–Crippen LogP) is 1.05. The third kappa shape index (κ3) is 6.10. The zero-order valence-electron chi connectivity index (χ0n) is 14.0. The number of carbonyl (C=O) groups excluding carboxylic acids is 3. The first-order valence-corrected chi connectivity index (χ1v) is 7.54. The highest BCUT2D eigenvalue weighted by Gasteiger charge is 2.28. The Morgan fingerprint density at radius 2 is 1.70 bits per heavy atom. The molecule has 0 heterocycles. The fourth-order valence-corrected chi connectivity index (χ4v) is 2.18. The number of rotatable bonds is 7. The molecule has 0 fully saturated rings. The topological polar surface area (TPSA) is 84.5 Å². The van der Waals surface area contributed by atoms with Crippen molar-refractivity contribution in [3.8, 4) is 0 Å². The van der Waals surface area contributed by atoms with E-state index >= 15 is 0 Å². The Balaban J connectivity index is 2.86.